The van der Waals surface area contributed by atoms with Gasteiger partial charge in [0.25, 0.3) is 0 Å². The summed E-state index contributed by atoms with van der Waals surface area (Å²) in [5, 5.41) is 12.4. The number of carbonyl (C=O) groups is 1. The second kappa shape index (κ2) is 7.95. The van der Waals surface area contributed by atoms with Gasteiger partial charge < -0.3 is 10.4 Å². The van der Waals surface area contributed by atoms with Crippen molar-refractivity contribution in [2.45, 2.75) is 37.6 Å². The SMILES string of the molecule is C=CCNS(=O)(=O)c1ccc(NC(C)CCC)c(C(=O)O)c1. The van der Waals surface area contributed by atoms with E-state index in [9.17, 15) is 18.3 Å². The van der Waals surface area contributed by atoms with E-state index in [0.717, 1.165) is 18.9 Å². The molecule has 0 aliphatic carbocycles. The lowest BCUT2D eigenvalue weighted by molar-refractivity contribution is 0.0697. The first-order valence-electron chi connectivity index (χ1n) is 7.06. The molecule has 1 rings (SSSR count). The fraction of sp³-hybridized carbons (Fsp3) is 0.400. The Hall–Kier alpha value is -1.86. The lowest BCUT2D eigenvalue weighted by Gasteiger charge is -2.17. The lowest BCUT2D eigenvalue weighted by Crippen LogP contribution is -2.24. The van der Waals surface area contributed by atoms with Crippen molar-refractivity contribution in [3.63, 3.8) is 0 Å². The van der Waals surface area contributed by atoms with E-state index in [1.165, 1.54) is 18.2 Å². The quantitative estimate of drug-likeness (QED) is 0.606. The van der Waals surface area contributed by atoms with Crippen molar-refractivity contribution < 1.29 is 18.3 Å². The monoisotopic (exact) mass is 326 g/mol. The van der Waals surface area contributed by atoms with E-state index in [1.54, 1.807) is 0 Å². The number of nitrogens with one attached hydrogen (secondary N) is 2. The first kappa shape index (κ1) is 18.2. The molecule has 0 aliphatic heterocycles. The molecular weight excluding hydrogens is 304 g/mol. The highest BCUT2D eigenvalue weighted by molar-refractivity contribution is 7.89. The molecule has 0 spiro atoms. The van der Waals surface area contributed by atoms with Crippen LogP contribution in [0.4, 0.5) is 5.69 Å². The molecule has 7 heteroatoms. The van der Waals surface area contributed by atoms with Crippen molar-refractivity contribution in [2.24, 2.45) is 0 Å². The van der Waals surface area contributed by atoms with Gasteiger partial charge in [-0.2, -0.15) is 0 Å². The molecule has 0 heterocycles. The van der Waals surface area contributed by atoms with Crippen LogP contribution in [0.15, 0.2) is 35.7 Å². The van der Waals surface area contributed by atoms with Crippen molar-refractivity contribution in [3.8, 4) is 0 Å². The molecule has 0 amide bonds. The summed E-state index contributed by atoms with van der Waals surface area (Å²) in [5.41, 5.74) is 0.348. The number of aromatic carboxylic acids is 1. The van der Waals surface area contributed by atoms with Gasteiger partial charge in [-0.3, -0.25) is 0 Å². The Morgan fingerprint density at radius 2 is 2.14 bits per heavy atom. The van der Waals surface area contributed by atoms with Crippen LogP contribution in [0.1, 0.15) is 37.0 Å². The third kappa shape index (κ3) is 4.85. The van der Waals surface area contributed by atoms with Crippen LogP contribution >= 0.6 is 0 Å². The molecule has 122 valence electrons. The van der Waals surface area contributed by atoms with Gasteiger partial charge in [-0.1, -0.05) is 19.4 Å². The second-order valence-corrected chi connectivity index (χ2v) is 6.75. The van der Waals surface area contributed by atoms with Gasteiger partial charge in [0.1, 0.15) is 0 Å². The number of carboxylic acid groups (broad SMARTS) is 1. The van der Waals surface area contributed by atoms with Crippen LogP contribution in [0, 0.1) is 0 Å². The van der Waals surface area contributed by atoms with Crippen LogP contribution in [0.3, 0.4) is 0 Å². The molecule has 1 aromatic rings. The molecule has 1 atom stereocenters. The fourth-order valence-corrected chi connectivity index (χ4v) is 3.04. The summed E-state index contributed by atoms with van der Waals surface area (Å²) in [4.78, 5) is 11.3. The molecule has 1 unspecified atom stereocenters. The summed E-state index contributed by atoms with van der Waals surface area (Å²) in [6.45, 7) is 7.51. The summed E-state index contributed by atoms with van der Waals surface area (Å²) in [6.07, 6.45) is 3.27. The maximum absolute atomic E-state index is 12.0. The summed E-state index contributed by atoms with van der Waals surface area (Å²) >= 11 is 0. The van der Waals surface area contributed by atoms with Crippen LogP contribution in [0.2, 0.25) is 0 Å². The number of anilines is 1. The van der Waals surface area contributed by atoms with Gasteiger partial charge in [-0.25, -0.2) is 17.9 Å². The van der Waals surface area contributed by atoms with E-state index in [0.29, 0.717) is 5.69 Å². The van der Waals surface area contributed by atoms with Crippen molar-refractivity contribution in [2.75, 3.05) is 11.9 Å². The average Bonchev–Trinajstić information content (AvgIpc) is 2.45. The van der Waals surface area contributed by atoms with E-state index in [-0.39, 0.29) is 23.0 Å². The molecule has 0 saturated carbocycles. The minimum absolute atomic E-state index is 0.0653. The van der Waals surface area contributed by atoms with Crippen molar-refractivity contribution in [3.05, 3.63) is 36.4 Å². The highest BCUT2D eigenvalue weighted by Gasteiger charge is 2.19. The van der Waals surface area contributed by atoms with Gasteiger partial charge in [-0.05, 0) is 31.5 Å². The zero-order valence-electron chi connectivity index (χ0n) is 12.8. The maximum Gasteiger partial charge on any atom is 0.337 e. The number of sulfonamides is 1. The Kier molecular flexibility index (Phi) is 6.58. The lowest BCUT2D eigenvalue weighted by atomic mass is 10.1. The van der Waals surface area contributed by atoms with Crippen LogP contribution in [-0.4, -0.2) is 32.1 Å². The zero-order valence-corrected chi connectivity index (χ0v) is 13.6. The van der Waals surface area contributed by atoms with E-state index >= 15 is 0 Å². The molecule has 3 N–H and O–H groups in total. The van der Waals surface area contributed by atoms with Gasteiger partial charge in [-0.15, -0.1) is 6.58 Å². The van der Waals surface area contributed by atoms with E-state index in [4.69, 9.17) is 0 Å². The van der Waals surface area contributed by atoms with Crippen molar-refractivity contribution >= 4 is 21.7 Å². The van der Waals surface area contributed by atoms with Crippen molar-refractivity contribution in [1.82, 2.24) is 4.72 Å². The number of rotatable bonds is 9. The van der Waals surface area contributed by atoms with E-state index in [2.05, 4.69) is 16.6 Å². The highest BCUT2D eigenvalue weighted by atomic mass is 32.2. The molecule has 0 aliphatic rings. The molecule has 0 radical (unpaired) electrons. The summed E-state index contributed by atoms with van der Waals surface area (Å²) in [7, 11) is -3.75. The van der Waals surface area contributed by atoms with Crippen LogP contribution in [0.5, 0.6) is 0 Å². The Morgan fingerprint density at radius 1 is 1.45 bits per heavy atom. The molecule has 6 nitrogen and oxygen atoms in total. The van der Waals surface area contributed by atoms with Crippen molar-refractivity contribution in [1.29, 1.82) is 0 Å². The maximum atomic E-state index is 12.0. The van der Waals surface area contributed by atoms with Crippen LogP contribution in [0.25, 0.3) is 0 Å². The summed E-state index contributed by atoms with van der Waals surface area (Å²) in [5.74, 6) is -1.17. The molecule has 0 bridgehead atoms. The molecule has 0 saturated heterocycles. The summed E-state index contributed by atoms with van der Waals surface area (Å²) < 4.78 is 26.4. The smallest absolute Gasteiger partial charge is 0.337 e. The molecule has 22 heavy (non-hydrogen) atoms. The number of benzene rings is 1. The van der Waals surface area contributed by atoms with Gasteiger partial charge in [0.15, 0.2) is 0 Å². The first-order valence-corrected chi connectivity index (χ1v) is 8.54. The van der Waals surface area contributed by atoms with Gasteiger partial charge >= 0.3 is 5.97 Å². The second-order valence-electron chi connectivity index (χ2n) is 4.99. The van der Waals surface area contributed by atoms with Gasteiger partial charge in [0.2, 0.25) is 10.0 Å². The fourth-order valence-electron chi connectivity index (χ4n) is 2.02. The van der Waals surface area contributed by atoms with E-state index < -0.39 is 16.0 Å². The molecule has 1 aromatic carbocycles. The standard InChI is InChI=1S/C15H22N2O4S/c1-4-6-11(3)17-14-8-7-12(10-13(14)15(18)19)22(20,21)16-9-5-2/h5,7-8,10-11,16-17H,2,4,6,9H2,1,3H3,(H,18,19). The third-order valence-corrected chi connectivity index (χ3v) is 4.49. The van der Waals surface area contributed by atoms with Crippen LogP contribution in [-0.2, 0) is 10.0 Å². The van der Waals surface area contributed by atoms with Gasteiger partial charge in [0.05, 0.1) is 10.5 Å². The Balaban J connectivity index is 3.14. The predicted octanol–water partition coefficient (Wildman–Crippen LogP) is 2.45. The Bertz CT molecular complexity index is 641. The Morgan fingerprint density at radius 3 is 2.68 bits per heavy atom. The molecule has 0 aromatic heterocycles. The zero-order chi connectivity index (χ0) is 16.8. The summed E-state index contributed by atoms with van der Waals surface area (Å²) in [6, 6.07) is 4.13. The number of carboxylic acids is 1. The van der Waals surface area contributed by atoms with Gasteiger partial charge in [0, 0.05) is 18.3 Å². The highest BCUT2D eigenvalue weighted by Crippen LogP contribution is 2.22. The number of hydrogen-bond donors (Lipinski definition) is 3. The largest absolute Gasteiger partial charge is 0.478 e. The van der Waals surface area contributed by atoms with Crippen LogP contribution < -0.4 is 10.0 Å². The molecular formula is C15H22N2O4S. The average molecular weight is 326 g/mol. The third-order valence-electron chi connectivity index (χ3n) is 3.07. The Labute approximate surface area is 131 Å². The minimum atomic E-state index is -3.75. The first-order chi connectivity index (χ1) is 10.3. The minimum Gasteiger partial charge on any atom is -0.478 e. The van der Waals surface area contributed by atoms with E-state index in [1.807, 2.05) is 13.8 Å². The normalized spacial score (nSPS) is 12.6. The predicted molar refractivity (Wildman–Crippen MR) is 86.8 cm³/mol. The topological polar surface area (TPSA) is 95.5 Å². The molecule has 0 fully saturated rings. The number of hydrogen-bond acceptors (Lipinski definition) is 4.